The Morgan fingerprint density at radius 2 is 2.00 bits per heavy atom. The SMILES string of the molecule is C=C=C(OC)c1ccccc1. The van der Waals surface area contributed by atoms with Gasteiger partial charge in [0.15, 0.2) is 5.76 Å². The lowest BCUT2D eigenvalue weighted by Gasteiger charge is -2.01. The van der Waals surface area contributed by atoms with Gasteiger partial charge in [0.1, 0.15) is 0 Å². The molecule has 0 atom stereocenters. The molecule has 0 aliphatic rings. The highest BCUT2D eigenvalue weighted by atomic mass is 16.5. The molecular weight excluding hydrogens is 136 g/mol. The third-order valence-corrected chi connectivity index (χ3v) is 1.40. The molecule has 1 aromatic carbocycles. The highest BCUT2D eigenvalue weighted by Crippen LogP contribution is 2.11. The van der Waals surface area contributed by atoms with Crippen LogP contribution in [0.2, 0.25) is 0 Å². The summed E-state index contributed by atoms with van der Waals surface area (Å²) in [5.74, 6) is 0.686. The molecule has 56 valence electrons. The van der Waals surface area contributed by atoms with E-state index in [4.69, 9.17) is 4.74 Å². The highest BCUT2D eigenvalue weighted by molar-refractivity contribution is 5.58. The van der Waals surface area contributed by atoms with Gasteiger partial charge in [-0.05, 0) is 0 Å². The van der Waals surface area contributed by atoms with Crippen molar-refractivity contribution >= 4 is 5.76 Å². The molecule has 0 aliphatic heterocycles. The lowest BCUT2D eigenvalue weighted by atomic mass is 10.2. The second-order valence-electron chi connectivity index (χ2n) is 2.08. The second-order valence-corrected chi connectivity index (χ2v) is 2.08. The quantitative estimate of drug-likeness (QED) is 0.460. The molecule has 0 spiro atoms. The summed E-state index contributed by atoms with van der Waals surface area (Å²) in [4.78, 5) is 0. The van der Waals surface area contributed by atoms with Crippen molar-refractivity contribution in [2.45, 2.75) is 0 Å². The topological polar surface area (TPSA) is 9.23 Å². The van der Waals surface area contributed by atoms with Crippen molar-refractivity contribution in [2.75, 3.05) is 7.11 Å². The molecule has 0 saturated carbocycles. The van der Waals surface area contributed by atoms with Crippen LogP contribution in [0, 0.1) is 0 Å². The Labute approximate surface area is 66.6 Å². The number of ether oxygens (including phenoxy) is 1. The normalized spacial score (nSPS) is 8.45. The predicted molar refractivity (Wildman–Crippen MR) is 46.0 cm³/mol. The minimum Gasteiger partial charge on any atom is -0.489 e. The zero-order valence-corrected chi connectivity index (χ0v) is 6.50. The van der Waals surface area contributed by atoms with E-state index in [2.05, 4.69) is 12.3 Å². The summed E-state index contributed by atoms with van der Waals surface area (Å²) in [5, 5.41) is 0. The summed E-state index contributed by atoms with van der Waals surface area (Å²) in [5.41, 5.74) is 3.72. The first kappa shape index (κ1) is 7.64. The Morgan fingerprint density at radius 1 is 1.36 bits per heavy atom. The van der Waals surface area contributed by atoms with Gasteiger partial charge in [-0.2, -0.15) is 0 Å². The molecular formula is C10H10O. The van der Waals surface area contributed by atoms with Gasteiger partial charge >= 0.3 is 0 Å². The van der Waals surface area contributed by atoms with Crippen molar-refractivity contribution in [3.63, 3.8) is 0 Å². The van der Waals surface area contributed by atoms with E-state index in [1.807, 2.05) is 30.3 Å². The Morgan fingerprint density at radius 3 is 2.45 bits per heavy atom. The Hall–Kier alpha value is -1.46. The molecule has 0 unspecified atom stereocenters. The average molecular weight is 146 g/mol. The second kappa shape index (κ2) is 3.65. The van der Waals surface area contributed by atoms with E-state index in [9.17, 15) is 0 Å². The maximum Gasteiger partial charge on any atom is 0.168 e. The van der Waals surface area contributed by atoms with Crippen molar-refractivity contribution in [2.24, 2.45) is 0 Å². The Kier molecular flexibility index (Phi) is 2.53. The van der Waals surface area contributed by atoms with Gasteiger partial charge in [-0.15, -0.1) is 0 Å². The summed E-state index contributed by atoms with van der Waals surface area (Å²) in [6, 6.07) is 9.77. The molecule has 0 amide bonds. The van der Waals surface area contributed by atoms with E-state index < -0.39 is 0 Å². The fraction of sp³-hybridized carbons (Fsp3) is 0.100. The standard InChI is InChI=1S/C10H10O/c1-3-10(11-2)9-7-5-4-6-8-9/h4-8H,1H2,2H3. The van der Waals surface area contributed by atoms with E-state index in [0.717, 1.165) is 5.56 Å². The Balaban J connectivity index is 3.02. The first-order valence-corrected chi connectivity index (χ1v) is 3.38. The van der Waals surface area contributed by atoms with E-state index in [1.165, 1.54) is 0 Å². The summed E-state index contributed by atoms with van der Waals surface area (Å²) < 4.78 is 5.03. The van der Waals surface area contributed by atoms with Gasteiger partial charge in [-0.3, -0.25) is 0 Å². The van der Waals surface area contributed by atoms with Crippen molar-refractivity contribution < 1.29 is 4.74 Å². The molecule has 0 radical (unpaired) electrons. The van der Waals surface area contributed by atoms with Crippen molar-refractivity contribution in [1.29, 1.82) is 0 Å². The van der Waals surface area contributed by atoms with E-state index in [1.54, 1.807) is 7.11 Å². The van der Waals surface area contributed by atoms with Gasteiger partial charge in [0.25, 0.3) is 0 Å². The molecule has 0 N–H and O–H groups in total. The number of methoxy groups -OCH3 is 1. The number of hydrogen-bond acceptors (Lipinski definition) is 1. The molecule has 1 rings (SSSR count). The van der Waals surface area contributed by atoms with Crippen LogP contribution in [0.5, 0.6) is 0 Å². The lowest BCUT2D eigenvalue weighted by Crippen LogP contribution is -1.83. The van der Waals surface area contributed by atoms with Crippen molar-refractivity contribution in [3.8, 4) is 0 Å². The van der Waals surface area contributed by atoms with Gasteiger partial charge in [-0.1, -0.05) is 42.6 Å². The van der Waals surface area contributed by atoms with Crippen LogP contribution in [0.1, 0.15) is 5.56 Å². The van der Waals surface area contributed by atoms with Crippen LogP contribution >= 0.6 is 0 Å². The molecule has 0 aliphatic carbocycles. The third-order valence-electron chi connectivity index (χ3n) is 1.40. The molecule has 1 heteroatoms. The summed E-state index contributed by atoms with van der Waals surface area (Å²) in [6.45, 7) is 3.52. The molecule has 0 saturated heterocycles. The van der Waals surface area contributed by atoms with E-state index in [0.29, 0.717) is 5.76 Å². The fourth-order valence-corrected chi connectivity index (χ4v) is 0.882. The van der Waals surface area contributed by atoms with E-state index >= 15 is 0 Å². The van der Waals surface area contributed by atoms with E-state index in [-0.39, 0.29) is 0 Å². The zero-order chi connectivity index (χ0) is 8.10. The molecule has 0 heterocycles. The predicted octanol–water partition coefficient (Wildman–Crippen LogP) is 2.46. The minimum atomic E-state index is 0.686. The van der Waals surface area contributed by atoms with Crippen LogP contribution < -0.4 is 0 Å². The highest BCUT2D eigenvalue weighted by Gasteiger charge is 1.95. The van der Waals surface area contributed by atoms with Crippen LogP contribution in [0.4, 0.5) is 0 Å². The van der Waals surface area contributed by atoms with Crippen LogP contribution in [0.3, 0.4) is 0 Å². The Bertz CT molecular complexity index is 268. The summed E-state index contributed by atoms with van der Waals surface area (Å²) in [6.07, 6.45) is 0. The maximum atomic E-state index is 5.03. The molecule has 1 nitrogen and oxygen atoms in total. The molecule has 0 fully saturated rings. The first-order chi connectivity index (χ1) is 5.38. The number of benzene rings is 1. The zero-order valence-electron chi connectivity index (χ0n) is 6.50. The average Bonchev–Trinajstić information content (AvgIpc) is 2.09. The maximum absolute atomic E-state index is 5.03. The van der Waals surface area contributed by atoms with Gasteiger partial charge in [0.2, 0.25) is 0 Å². The smallest absolute Gasteiger partial charge is 0.168 e. The van der Waals surface area contributed by atoms with Crippen LogP contribution in [0.15, 0.2) is 42.6 Å². The van der Waals surface area contributed by atoms with Crippen LogP contribution in [-0.4, -0.2) is 7.11 Å². The number of hydrogen-bond donors (Lipinski definition) is 0. The molecule has 0 aromatic heterocycles. The lowest BCUT2D eigenvalue weighted by molar-refractivity contribution is 0.371. The molecule has 0 bridgehead atoms. The number of rotatable bonds is 2. The fourth-order valence-electron chi connectivity index (χ4n) is 0.882. The van der Waals surface area contributed by atoms with Gasteiger partial charge in [-0.25, -0.2) is 0 Å². The monoisotopic (exact) mass is 146 g/mol. The minimum absolute atomic E-state index is 0.686. The largest absolute Gasteiger partial charge is 0.489 e. The third kappa shape index (κ3) is 1.73. The van der Waals surface area contributed by atoms with Gasteiger partial charge in [0, 0.05) is 5.56 Å². The summed E-state index contributed by atoms with van der Waals surface area (Å²) in [7, 11) is 1.61. The molecule has 1 aromatic rings. The van der Waals surface area contributed by atoms with Gasteiger partial charge in [0.05, 0.1) is 7.11 Å². The van der Waals surface area contributed by atoms with Gasteiger partial charge < -0.3 is 4.74 Å². The van der Waals surface area contributed by atoms with Crippen molar-refractivity contribution in [3.05, 3.63) is 48.2 Å². The van der Waals surface area contributed by atoms with Crippen LogP contribution in [-0.2, 0) is 4.74 Å². The molecule has 11 heavy (non-hydrogen) atoms. The van der Waals surface area contributed by atoms with Crippen molar-refractivity contribution in [1.82, 2.24) is 0 Å². The summed E-state index contributed by atoms with van der Waals surface area (Å²) >= 11 is 0. The van der Waals surface area contributed by atoms with Crippen LogP contribution in [0.25, 0.3) is 5.76 Å². The first-order valence-electron chi connectivity index (χ1n) is 3.38.